The molecule has 0 aromatic heterocycles. The molecule has 1 rings (SSSR count). The third kappa shape index (κ3) is 4.17. The van der Waals surface area contributed by atoms with E-state index in [-0.39, 0.29) is 0 Å². The molecule has 0 N–H and O–H groups in total. The van der Waals surface area contributed by atoms with Crippen molar-refractivity contribution in [2.24, 2.45) is 11.8 Å². The monoisotopic (exact) mass is 200 g/mol. The standard InChI is InChI=1S/C12H21Cl/c1-2-11-6-8-12(9-7-11)5-3-4-10-13/h3,5,11-12H,2,4,6-10H2,1H3. The van der Waals surface area contributed by atoms with Gasteiger partial charge in [0.2, 0.25) is 0 Å². The first kappa shape index (κ1) is 11.1. The fourth-order valence-electron chi connectivity index (χ4n) is 2.14. The maximum atomic E-state index is 5.61. The Morgan fingerprint density at radius 1 is 1.23 bits per heavy atom. The average Bonchev–Trinajstić information content (AvgIpc) is 2.19. The van der Waals surface area contributed by atoms with Crippen LogP contribution in [0.2, 0.25) is 0 Å². The SMILES string of the molecule is CCC1CCC(C=CCCCl)CC1. The zero-order valence-corrected chi connectivity index (χ0v) is 9.39. The van der Waals surface area contributed by atoms with E-state index in [0.29, 0.717) is 0 Å². The number of rotatable bonds is 4. The summed E-state index contributed by atoms with van der Waals surface area (Å²) in [6.45, 7) is 2.31. The molecule has 1 fully saturated rings. The summed E-state index contributed by atoms with van der Waals surface area (Å²) in [7, 11) is 0. The largest absolute Gasteiger partial charge is 0.126 e. The van der Waals surface area contributed by atoms with Crippen LogP contribution in [0.1, 0.15) is 45.4 Å². The van der Waals surface area contributed by atoms with Gasteiger partial charge in [0.05, 0.1) is 0 Å². The van der Waals surface area contributed by atoms with Gasteiger partial charge >= 0.3 is 0 Å². The van der Waals surface area contributed by atoms with Gasteiger partial charge in [0.25, 0.3) is 0 Å². The van der Waals surface area contributed by atoms with Crippen molar-refractivity contribution in [3.05, 3.63) is 12.2 Å². The summed E-state index contributed by atoms with van der Waals surface area (Å²) in [5, 5.41) is 0. The Balaban J connectivity index is 2.17. The lowest BCUT2D eigenvalue weighted by Crippen LogP contribution is -2.12. The molecule has 0 nitrogen and oxygen atoms in total. The molecule has 0 aliphatic heterocycles. The van der Waals surface area contributed by atoms with E-state index in [9.17, 15) is 0 Å². The first-order chi connectivity index (χ1) is 6.36. The molecule has 0 amide bonds. The summed E-state index contributed by atoms with van der Waals surface area (Å²) >= 11 is 5.61. The highest BCUT2D eigenvalue weighted by Gasteiger charge is 2.17. The molecule has 13 heavy (non-hydrogen) atoms. The highest BCUT2D eigenvalue weighted by molar-refractivity contribution is 6.17. The van der Waals surface area contributed by atoms with Gasteiger partial charge in [-0.1, -0.05) is 25.5 Å². The Labute approximate surface area is 87.4 Å². The molecule has 0 saturated heterocycles. The third-order valence-corrected chi connectivity index (χ3v) is 3.37. The van der Waals surface area contributed by atoms with Crippen molar-refractivity contribution in [1.29, 1.82) is 0 Å². The van der Waals surface area contributed by atoms with Crippen LogP contribution in [0.25, 0.3) is 0 Å². The van der Waals surface area contributed by atoms with Crippen molar-refractivity contribution < 1.29 is 0 Å². The molecule has 1 aliphatic rings. The smallest absolute Gasteiger partial charge is 0.0258 e. The molecule has 1 heteroatoms. The highest BCUT2D eigenvalue weighted by Crippen LogP contribution is 2.31. The molecular weight excluding hydrogens is 180 g/mol. The third-order valence-electron chi connectivity index (χ3n) is 3.15. The van der Waals surface area contributed by atoms with Gasteiger partial charge in [0.15, 0.2) is 0 Å². The van der Waals surface area contributed by atoms with Gasteiger partial charge < -0.3 is 0 Å². The fraction of sp³-hybridized carbons (Fsp3) is 0.833. The maximum Gasteiger partial charge on any atom is 0.0258 e. The lowest BCUT2D eigenvalue weighted by molar-refractivity contribution is 0.303. The van der Waals surface area contributed by atoms with Crippen LogP contribution in [0.3, 0.4) is 0 Å². The Morgan fingerprint density at radius 2 is 1.92 bits per heavy atom. The summed E-state index contributed by atoms with van der Waals surface area (Å²) < 4.78 is 0. The molecule has 0 atom stereocenters. The highest BCUT2D eigenvalue weighted by atomic mass is 35.5. The van der Waals surface area contributed by atoms with Crippen molar-refractivity contribution in [3.8, 4) is 0 Å². The van der Waals surface area contributed by atoms with Crippen LogP contribution in [0.4, 0.5) is 0 Å². The minimum Gasteiger partial charge on any atom is -0.126 e. The zero-order chi connectivity index (χ0) is 9.52. The van der Waals surface area contributed by atoms with E-state index >= 15 is 0 Å². The van der Waals surface area contributed by atoms with Crippen LogP contribution in [-0.2, 0) is 0 Å². The maximum absolute atomic E-state index is 5.61. The van der Waals surface area contributed by atoms with Crippen LogP contribution in [0, 0.1) is 11.8 Å². The van der Waals surface area contributed by atoms with Crippen LogP contribution in [0.5, 0.6) is 0 Å². The Morgan fingerprint density at radius 3 is 2.46 bits per heavy atom. The van der Waals surface area contributed by atoms with E-state index in [1.54, 1.807) is 0 Å². The Bertz CT molecular complexity index is 143. The van der Waals surface area contributed by atoms with Crippen molar-refractivity contribution in [1.82, 2.24) is 0 Å². The first-order valence-electron chi connectivity index (χ1n) is 5.59. The number of alkyl halides is 1. The lowest BCUT2D eigenvalue weighted by Gasteiger charge is -2.25. The topological polar surface area (TPSA) is 0 Å². The average molecular weight is 201 g/mol. The lowest BCUT2D eigenvalue weighted by atomic mass is 9.81. The van der Waals surface area contributed by atoms with Gasteiger partial charge in [-0.2, -0.15) is 0 Å². The summed E-state index contributed by atoms with van der Waals surface area (Å²) in [5.74, 6) is 2.63. The second-order valence-corrected chi connectivity index (χ2v) is 4.47. The normalized spacial score (nSPS) is 29.7. The Hall–Kier alpha value is 0.0300. The molecular formula is C12H21Cl. The van der Waals surface area contributed by atoms with E-state index in [1.165, 1.54) is 32.1 Å². The summed E-state index contributed by atoms with van der Waals surface area (Å²) in [4.78, 5) is 0. The number of hydrogen-bond donors (Lipinski definition) is 0. The van der Waals surface area contributed by atoms with Crippen LogP contribution < -0.4 is 0 Å². The van der Waals surface area contributed by atoms with Crippen LogP contribution in [-0.4, -0.2) is 5.88 Å². The van der Waals surface area contributed by atoms with Crippen molar-refractivity contribution >= 4 is 11.6 Å². The number of hydrogen-bond acceptors (Lipinski definition) is 0. The molecule has 1 aliphatic carbocycles. The van der Waals surface area contributed by atoms with E-state index in [2.05, 4.69) is 19.1 Å². The van der Waals surface area contributed by atoms with Crippen LogP contribution >= 0.6 is 11.6 Å². The van der Waals surface area contributed by atoms with Crippen molar-refractivity contribution in [2.75, 3.05) is 5.88 Å². The zero-order valence-electron chi connectivity index (χ0n) is 8.64. The second-order valence-electron chi connectivity index (χ2n) is 4.09. The molecule has 0 unspecified atom stereocenters. The molecule has 1 saturated carbocycles. The summed E-state index contributed by atoms with van der Waals surface area (Å²) in [6, 6.07) is 0. The van der Waals surface area contributed by atoms with Crippen LogP contribution in [0.15, 0.2) is 12.2 Å². The van der Waals surface area contributed by atoms with Gasteiger partial charge in [0, 0.05) is 5.88 Å². The Kier molecular flexibility index (Phi) is 5.54. The number of allylic oxidation sites excluding steroid dienone is 2. The van der Waals surface area contributed by atoms with E-state index < -0.39 is 0 Å². The van der Waals surface area contributed by atoms with E-state index in [4.69, 9.17) is 11.6 Å². The van der Waals surface area contributed by atoms with E-state index in [0.717, 1.165) is 24.1 Å². The van der Waals surface area contributed by atoms with Gasteiger partial charge in [-0.25, -0.2) is 0 Å². The molecule has 0 spiro atoms. The van der Waals surface area contributed by atoms with Crippen molar-refractivity contribution in [2.45, 2.75) is 45.4 Å². The molecule has 0 bridgehead atoms. The van der Waals surface area contributed by atoms with Gasteiger partial charge in [-0.05, 0) is 43.9 Å². The van der Waals surface area contributed by atoms with Gasteiger partial charge in [-0.15, -0.1) is 11.6 Å². The van der Waals surface area contributed by atoms with Crippen molar-refractivity contribution in [3.63, 3.8) is 0 Å². The minimum atomic E-state index is 0.765. The second kappa shape index (κ2) is 6.48. The quantitative estimate of drug-likeness (QED) is 0.467. The predicted octanol–water partition coefficient (Wildman–Crippen LogP) is 4.39. The van der Waals surface area contributed by atoms with E-state index in [1.807, 2.05) is 0 Å². The molecule has 0 heterocycles. The molecule has 0 aromatic rings. The summed E-state index contributed by atoms with van der Waals surface area (Å²) in [5.41, 5.74) is 0. The summed E-state index contributed by atoms with van der Waals surface area (Å²) in [6.07, 6.45) is 12.7. The van der Waals surface area contributed by atoms with Gasteiger partial charge in [0.1, 0.15) is 0 Å². The van der Waals surface area contributed by atoms with Gasteiger partial charge in [-0.3, -0.25) is 0 Å². The predicted molar refractivity (Wildman–Crippen MR) is 60.2 cm³/mol. The fourth-order valence-corrected chi connectivity index (χ4v) is 2.27. The minimum absolute atomic E-state index is 0.765. The first-order valence-corrected chi connectivity index (χ1v) is 6.13. The molecule has 76 valence electrons. The molecule has 0 aromatic carbocycles. The number of halogens is 1. The molecule has 0 radical (unpaired) electrons.